The molecule has 0 aliphatic heterocycles. The van der Waals surface area contributed by atoms with Crippen LogP contribution in [0, 0.1) is 6.92 Å². The second-order valence-corrected chi connectivity index (χ2v) is 8.42. The third kappa shape index (κ3) is 7.07. The summed E-state index contributed by atoms with van der Waals surface area (Å²) in [5, 5.41) is 13.0. The minimum absolute atomic E-state index is 0.330. The summed E-state index contributed by atoms with van der Waals surface area (Å²) in [6, 6.07) is 11.5. The maximum absolute atomic E-state index is 12.3. The van der Waals surface area contributed by atoms with Gasteiger partial charge in [-0.2, -0.15) is 10.2 Å². The van der Waals surface area contributed by atoms with Gasteiger partial charge in [0.25, 0.3) is 5.91 Å². The van der Waals surface area contributed by atoms with Crippen LogP contribution in [-0.2, 0) is 0 Å². The molecule has 0 fully saturated rings. The van der Waals surface area contributed by atoms with Crippen LogP contribution in [0.5, 0.6) is 5.75 Å². The molecule has 164 valence electrons. The van der Waals surface area contributed by atoms with E-state index in [0.29, 0.717) is 11.4 Å². The molecule has 2 aromatic heterocycles. The van der Waals surface area contributed by atoms with Crippen molar-refractivity contribution in [1.82, 2.24) is 15.6 Å². The lowest BCUT2D eigenvalue weighted by molar-refractivity contribution is 0.0950. The largest absolute Gasteiger partial charge is 0.494 e. The number of hydrogen-bond acceptors (Lipinski definition) is 5. The summed E-state index contributed by atoms with van der Waals surface area (Å²) in [4.78, 5) is 13.3. The van der Waals surface area contributed by atoms with Gasteiger partial charge in [-0.1, -0.05) is 39.0 Å². The number of carbonyl (C=O) groups excluding carboxylic acids is 1. The Morgan fingerprint density at radius 1 is 1.16 bits per heavy atom. The van der Waals surface area contributed by atoms with E-state index in [-0.39, 0.29) is 5.91 Å². The van der Waals surface area contributed by atoms with Crippen molar-refractivity contribution in [2.45, 2.75) is 52.4 Å². The second-order valence-electron chi connectivity index (χ2n) is 7.47. The summed E-state index contributed by atoms with van der Waals surface area (Å²) in [5.41, 5.74) is 5.64. The Bertz CT molecular complexity index is 976. The minimum atomic E-state index is -0.330. The van der Waals surface area contributed by atoms with Crippen LogP contribution in [0.25, 0.3) is 11.3 Å². The lowest BCUT2D eigenvalue weighted by Gasteiger charge is -2.06. The number of ether oxygens (including phenoxy) is 1. The Hall–Kier alpha value is -2.93. The van der Waals surface area contributed by atoms with Crippen molar-refractivity contribution >= 4 is 23.5 Å². The number of unbranched alkanes of at least 4 members (excludes halogenated alkanes) is 5. The van der Waals surface area contributed by atoms with Gasteiger partial charge in [-0.15, -0.1) is 11.3 Å². The van der Waals surface area contributed by atoms with Crippen molar-refractivity contribution in [2.24, 2.45) is 5.10 Å². The van der Waals surface area contributed by atoms with E-state index in [4.69, 9.17) is 4.74 Å². The van der Waals surface area contributed by atoms with E-state index < -0.39 is 0 Å². The average Bonchev–Trinajstić information content (AvgIpc) is 3.43. The molecule has 0 saturated carbocycles. The van der Waals surface area contributed by atoms with E-state index in [2.05, 4.69) is 27.6 Å². The molecule has 0 radical (unpaired) electrons. The fraction of sp³-hybridized carbons (Fsp3) is 0.375. The summed E-state index contributed by atoms with van der Waals surface area (Å²) in [7, 11) is 0. The molecule has 0 bridgehead atoms. The van der Waals surface area contributed by atoms with Gasteiger partial charge >= 0.3 is 0 Å². The Kier molecular flexibility index (Phi) is 8.84. The third-order valence-corrected chi connectivity index (χ3v) is 5.94. The smallest absolute Gasteiger partial charge is 0.289 e. The monoisotopic (exact) mass is 438 g/mol. The summed E-state index contributed by atoms with van der Waals surface area (Å²) in [6.45, 7) is 4.98. The number of benzene rings is 1. The number of aryl methyl sites for hydroxylation is 1. The first-order chi connectivity index (χ1) is 15.2. The zero-order valence-corrected chi connectivity index (χ0v) is 19.0. The van der Waals surface area contributed by atoms with Gasteiger partial charge in [-0.05, 0) is 60.7 Å². The molecule has 1 amide bonds. The maximum atomic E-state index is 12.3. The number of rotatable bonds is 12. The molecule has 0 aliphatic rings. The van der Waals surface area contributed by atoms with Crippen LogP contribution in [0.15, 0.2) is 46.9 Å². The van der Waals surface area contributed by atoms with Crippen LogP contribution in [-0.4, -0.2) is 28.9 Å². The molecule has 0 atom stereocenters. The van der Waals surface area contributed by atoms with Gasteiger partial charge in [0.2, 0.25) is 0 Å². The number of nitrogens with one attached hydrogen (secondary N) is 2. The SMILES string of the molecule is CCCCCCCCOc1ccc(-c2cc(C(=O)NN=Cc3sccc3C)[nH]n2)cc1. The highest BCUT2D eigenvalue weighted by Crippen LogP contribution is 2.21. The molecule has 7 heteroatoms. The first-order valence-electron chi connectivity index (χ1n) is 10.8. The molecule has 0 aliphatic carbocycles. The number of aromatic amines is 1. The van der Waals surface area contributed by atoms with Crippen LogP contribution in [0.2, 0.25) is 0 Å². The highest BCUT2D eigenvalue weighted by Gasteiger charge is 2.10. The number of thiophene rings is 1. The first-order valence-corrected chi connectivity index (χ1v) is 11.7. The van der Waals surface area contributed by atoms with Crippen molar-refractivity contribution in [1.29, 1.82) is 0 Å². The normalized spacial score (nSPS) is 11.2. The predicted octanol–water partition coefficient (Wildman–Crippen LogP) is 5.95. The number of amides is 1. The molecular formula is C24H30N4O2S. The molecule has 3 rings (SSSR count). The molecular weight excluding hydrogens is 408 g/mol. The predicted molar refractivity (Wildman–Crippen MR) is 127 cm³/mol. The van der Waals surface area contributed by atoms with Gasteiger partial charge in [-0.3, -0.25) is 9.89 Å². The van der Waals surface area contributed by atoms with Crippen LogP contribution in [0.4, 0.5) is 0 Å². The maximum Gasteiger partial charge on any atom is 0.289 e. The molecule has 6 nitrogen and oxygen atoms in total. The molecule has 0 spiro atoms. The molecule has 2 heterocycles. The van der Waals surface area contributed by atoms with Gasteiger partial charge in [0, 0.05) is 10.4 Å². The van der Waals surface area contributed by atoms with Crippen molar-refractivity contribution in [3.63, 3.8) is 0 Å². The number of hydrazone groups is 1. The molecule has 31 heavy (non-hydrogen) atoms. The van der Waals surface area contributed by atoms with Crippen LogP contribution >= 0.6 is 11.3 Å². The highest BCUT2D eigenvalue weighted by atomic mass is 32.1. The van der Waals surface area contributed by atoms with E-state index in [9.17, 15) is 4.79 Å². The van der Waals surface area contributed by atoms with E-state index in [0.717, 1.165) is 34.8 Å². The average molecular weight is 439 g/mol. The zero-order chi connectivity index (χ0) is 21.9. The molecule has 0 unspecified atom stereocenters. The number of hydrogen-bond donors (Lipinski definition) is 2. The minimum Gasteiger partial charge on any atom is -0.494 e. The van der Waals surface area contributed by atoms with Gasteiger partial charge in [0.15, 0.2) is 0 Å². The fourth-order valence-electron chi connectivity index (χ4n) is 3.11. The number of H-pyrrole nitrogens is 1. The van der Waals surface area contributed by atoms with E-state index in [1.165, 1.54) is 32.1 Å². The Morgan fingerprint density at radius 2 is 1.94 bits per heavy atom. The summed E-state index contributed by atoms with van der Waals surface area (Å²) in [6.07, 6.45) is 9.14. The third-order valence-electron chi connectivity index (χ3n) is 4.99. The number of aromatic nitrogens is 2. The van der Waals surface area contributed by atoms with Crippen molar-refractivity contribution in [3.05, 3.63) is 57.9 Å². The zero-order valence-electron chi connectivity index (χ0n) is 18.2. The molecule has 0 saturated heterocycles. The van der Waals surface area contributed by atoms with Crippen LogP contribution in [0.1, 0.15) is 66.4 Å². The summed E-state index contributed by atoms with van der Waals surface area (Å²) in [5.74, 6) is 0.520. The molecule has 3 aromatic rings. The Labute approximate surface area is 187 Å². The Morgan fingerprint density at radius 3 is 2.68 bits per heavy atom. The fourth-order valence-corrected chi connectivity index (χ4v) is 3.89. The van der Waals surface area contributed by atoms with Gasteiger partial charge in [0.1, 0.15) is 11.4 Å². The number of carbonyl (C=O) groups is 1. The summed E-state index contributed by atoms with van der Waals surface area (Å²) < 4.78 is 5.82. The standard InChI is InChI=1S/C24H30N4O2S/c1-3-4-5-6-7-8-14-30-20-11-9-19(10-12-20)21-16-22(27-26-21)24(29)28-25-17-23-18(2)13-15-31-23/h9-13,15-17H,3-8,14H2,1-2H3,(H,26,27)(H,28,29). The van der Waals surface area contributed by atoms with Gasteiger partial charge in [-0.25, -0.2) is 5.43 Å². The van der Waals surface area contributed by atoms with E-state index in [1.807, 2.05) is 42.6 Å². The van der Waals surface area contributed by atoms with E-state index >= 15 is 0 Å². The Balaban J connectivity index is 1.46. The first kappa shape index (κ1) is 22.7. The van der Waals surface area contributed by atoms with Crippen molar-refractivity contribution in [3.8, 4) is 17.0 Å². The lowest BCUT2D eigenvalue weighted by atomic mass is 10.1. The topological polar surface area (TPSA) is 79.4 Å². The van der Waals surface area contributed by atoms with Crippen molar-refractivity contribution < 1.29 is 9.53 Å². The van der Waals surface area contributed by atoms with E-state index in [1.54, 1.807) is 23.6 Å². The molecule has 2 N–H and O–H groups in total. The second kappa shape index (κ2) is 12.1. The highest BCUT2D eigenvalue weighted by molar-refractivity contribution is 7.11. The molecule has 1 aromatic carbocycles. The lowest BCUT2D eigenvalue weighted by Crippen LogP contribution is -2.17. The summed E-state index contributed by atoms with van der Waals surface area (Å²) >= 11 is 1.58. The number of nitrogens with zero attached hydrogens (tertiary/aromatic N) is 2. The van der Waals surface area contributed by atoms with Gasteiger partial charge in [0.05, 0.1) is 18.5 Å². The van der Waals surface area contributed by atoms with Crippen LogP contribution < -0.4 is 10.2 Å². The quantitative estimate of drug-likeness (QED) is 0.208. The van der Waals surface area contributed by atoms with Crippen molar-refractivity contribution in [2.75, 3.05) is 6.61 Å². The van der Waals surface area contributed by atoms with Gasteiger partial charge < -0.3 is 4.74 Å². The van der Waals surface area contributed by atoms with Crippen LogP contribution in [0.3, 0.4) is 0 Å².